The van der Waals surface area contributed by atoms with E-state index in [1.165, 1.54) is 12.1 Å². The third-order valence-electron chi connectivity index (χ3n) is 4.85. The zero-order valence-corrected chi connectivity index (χ0v) is 17.3. The van der Waals surface area contributed by atoms with Crippen molar-refractivity contribution in [2.45, 2.75) is 33.4 Å². The molecular weight excluding hydrogens is 385 g/mol. The second-order valence-electron chi connectivity index (χ2n) is 7.62. The maximum absolute atomic E-state index is 13.9. The van der Waals surface area contributed by atoms with Crippen LogP contribution in [0.1, 0.15) is 41.7 Å². The monoisotopic (exact) mass is 407 g/mol. The number of fused-ring (bicyclic) bond motifs is 1. The Balaban J connectivity index is 1.77. The van der Waals surface area contributed by atoms with Crippen LogP contribution < -0.4 is 0 Å². The lowest BCUT2D eigenvalue weighted by Crippen LogP contribution is -2.26. The smallest absolute Gasteiger partial charge is 0.254 e. The molecule has 0 atom stereocenters. The molecule has 0 saturated carbocycles. The van der Waals surface area contributed by atoms with Crippen LogP contribution in [0.25, 0.3) is 22.2 Å². The molecule has 7 nitrogen and oxygen atoms in total. The number of rotatable bonds is 5. The van der Waals surface area contributed by atoms with Gasteiger partial charge < -0.3 is 9.42 Å². The number of hydrogen-bond donors (Lipinski definition) is 0. The molecule has 154 valence electrons. The Morgan fingerprint density at radius 3 is 2.73 bits per heavy atom. The van der Waals surface area contributed by atoms with Crippen LogP contribution in [0.4, 0.5) is 4.39 Å². The van der Waals surface area contributed by atoms with Crippen molar-refractivity contribution < 1.29 is 13.7 Å². The molecule has 0 radical (unpaired) electrons. The van der Waals surface area contributed by atoms with E-state index in [0.717, 1.165) is 11.3 Å². The predicted octanol–water partition coefficient (Wildman–Crippen LogP) is 4.39. The SMILES string of the molecule is Cc1cc(CN(C)C(=O)c2cc(-c3cnn(C(C)C)c3)nc3cc(F)ccc23)on1. The van der Waals surface area contributed by atoms with Gasteiger partial charge in [0.25, 0.3) is 5.91 Å². The van der Waals surface area contributed by atoms with E-state index in [4.69, 9.17) is 4.52 Å². The number of nitrogens with zero attached hydrogens (tertiary/aromatic N) is 5. The average Bonchev–Trinajstić information content (AvgIpc) is 3.35. The molecule has 3 aromatic heterocycles. The van der Waals surface area contributed by atoms with E-state index >= 15 is 0 Å². The Morgan fingerprint density at radius 2 is 2.07 bits per heavy atom. The lowest BCUT2D eigenvalue weighted by atomic mass is 10.0. The highest BCUT2D eigenvalue weighted by atomic mass is 19.1. The molecule has 8 heteroatoms. The van der Waals surface area contributed by atoms with Gasteiger partial charge in [0.05, 0.1) is 35.2 Å². The van der Waals surface area contributed by atoms with E-state index in [-0.39, 0.29) is 18.5 Å². The Hall–Kier alpha value is -3.55. The summed E-state index contributed by atoms with van der Waals surface area (Å²) in [6, 6.07) is 7.95. The first-order chi connectivity index (χ1) is 14.3. The lowest BCUT2D eigenvalue weighted by Gasteiger charge is -2.17. The van der Waals surface area contributed by atoms with Crippen molar-refractivity contribution >= 4 is 16.8 Å². The second kappa shape index (κ2) is 7.70. The van der Waals surface area contributed by atoms with E-state index < -0.39 is 5.82 Å². The molecule has 0 bridgehead atoms. The third kappa shape index (κ3) is 3.80. The summed E-state index contributed by atoms with van der Waals surface area (Å²) in [5.74, 6) is -0.0410. The van der Waals surface area contributed by atoms with Crippen LogP contribution in [-0.2, 0) is 6.54 Å². The zero-order chi connectivity index (χ0) is 21.4. The lowest BCUT2D eigenvalue weighted by molar-refractivity contribution is 0.0774. The molecule has 4 rings (SSSR count). The van der Waals surface area contributed by atoms with E-state index in [2.05, 4.69) is 15.2 Å². The van der Waals surface area contributed by atoms with Gasteiger partial charge in [-0.2, -0.15) is 5.10 Å². The molecule has 0 aliphatic rings. The first-order valence-electron chi connectivity index (χ1n) is 9.64. The van der Waals surface area contributed by atoms with Gasteiger partial charge >= 0.3 is 0 Å². The molecule has 0 aliphatic heterocycles. The molecule has 3 heterocycles. The van der Waals surface area contributed by atoms with Crippen molar-refractivity contribution in [3.05, 3.63) is 65.6 Å². The highest BCUT2D eigenvalue weighted by Gasteiger charge is 2.20. The van der Waals surface area contributed by atoms with Crippen molar-refractivity contribution in [3.63, 3.8) is 0 Å². The van der Waals surface area contributed by atoms with Crippen molar-refractivity contribution in [1.29, 1.82) is 0 Å². The fourth-order valence-electron chi connectivity index (χ4n) is 3.28. The van der Waals surface area contributed by atoms with E-state index in [1.54, 1.807) is 36.3 Å². The van der Waals surface area contributed by atoms with Gasteiger partial charge in [0.2, 0.25) is 0 Å². The van der Waals surface area contributed by atoms with E-state index in [0.29, 0.717) is 27.9 Å². The highest BCUT2D eigenvalue weighted by Crippen LogP contribution is 2.27. The summed E-state index contributed by atoms with van der Waals surface area (Å²) in [7, 11) is 1.69. The van der Waals surface area contributed by atoms with Gasteiger partial charge in [0.1, 0.15) is 5.82 Å². The molecule has 0 spiro atoms. The minimum atomic E-state index is -0.408. The number of carbonyl (C=O) groups excluding carboxylic acids is 1. The number of amides is 1. The fourth-order valence-corrected chi connectivity index (χ4v) is 3.28. The quantitative estimate of drug-likeness (QED) is 0.490. The molecule has 4 aromatic rings. The topological polar surface area (TPSA) is 77.0 Å². The zero-order valence-electron chi connectivity index (χ0n) is 17.3. The Labute approximate surface area is 173 Å². The van der Waals surface area contributed by atoms with Crippen LogP contribution in [0, 0.1) is 12.7 Å². The largest absolute Gasteiger partial charge is 0.359 e. The number of hydrogen-bond acceptors (Lipinski definition) is 5. The number of pyridine rings is 1. The standard InChI is InChI=1S/C22H22FN5O2/c1-13(2)28-11-15(10-24-28)20-9-19(18-6-5-16(23)8-21(18)25-20)22(29)27(4)12-17-7-14(3)26-30-17/h5-11,13H,12H2,1-4H3. The number of benzene rings is 1. The van der Waals surface area contributed by atoms with Crippen LogP contribution in [0.2, 0.25) is 0 Å². The van der Waals surface area contributed by atoms with Crippen molar-refractivity contribution in [2.24, 2.45) is 0 Å². The van der Waals surface area contributed by atoms with Crippen molar-refractivity contribution in [3.8, 4) is 11.3 Å². The molecule has 0 unspecified atom stereocenters. The fraction of sp³-hybridized carbons (Fsp3) is 0.273. The number of aryl methyl sites for hydroxylation is 1. The molecule has 1 aromatic carbocycles. The summed E-state index contributed by atoms with van der Waals surface area (Å²) in [4.78, 5) is 19.4. The number of aromatic nitrogens is 4. The maximum Gasteiger partial charge on any atom is 0.254 e. The summed E-state index contributed by atoms with van der Waals surface area (Å²) in [6.45, 7) is 6.14. The number of carbonyl (C=O) groups is 1. The van der Waals surface area contributed by atoms with Gasteiger partial charge in [-0.15, -0.1) is 0 Å². The Morgan fingerprint density at radius 1 is 1.27 bits per heavy atom. The summed E-state index contributed by atoms with van der Waals surface area (Å²) in [6.07, 6.45) is 3.57. The highest BCUT2D eigenvalue weighted by molar-refractivity contribution is 6.07. The molecule has 0 aliphatic carbocycles. The molecule has 1 amide bonds. The normalized spacial score (nSPS) is 11.4. The summed E-state index contributed by atoms with van der Waals surface area (Å²) in [5, 5.41) is 8.79. The van der Waals surface area contributed by atoms with Gasteiger partial charge in [-0.25, -0.2) is 9.37 Å². The van der Waals surface area contributed by atoms with Gasteiger partial charge in [0.15, 0.2) is 5.76 Å². The summed E-state index contributed by atoms with van der Waals surface area (Å²) < 4.78 is 20.9. The minimum absolute atomic E-state index is 0.189. The maximum atomic E-state index is 13.9. The average molecular weight is 407 g/mol. The minimum Gasteiger partial charge on any atom is -0.359 e. The summed E-state index contributed by atoms with van der Waals surface area (Å²) >= 11 is 0. The van der Waals surface area contributed by atoms with Gasteiger partial charge in [0, 0.05) is 42.4 Å². The van der Waals surface area contributed by atoms with Crippen LogP contribution in [0.3, 0.4) is 0 Å². The first-order valence-corrected chi connectivity index (χ1v) is 9.64. The predicted molar refractivity (Wildman–Crippen MR) is 110 cm³/mol. The second-order valence-corrected chi connectivity index (χ2v) is 7.62. The third-order valence-corrected chi connectivity index (χ3v) is 4.85. The van der Waals surface area contributed by atoms with Crippen molar-refractivity contribution in [1.82, 2.24) is 24.8 Å². The van der Waals surface area contributed by atoms with Crippen LogP contribution in [0.15, 0.2) is 47.2 Å². The van der Waals surface area contributed by atoms with Gasteiger partial charge in [-0.1, -0.05) is 5.16 Å². The van der Waals surface area contributed by atoms with E-state index in [1.807, 2.05) is 31.6 Å². The molecular formula is C22H22FN5O2. The molecule has 30 heavy (non-hydrogen) atoms. The Kier molecular flexibility index (Phi) is 5.07. The van der Waals surface area contributed by atoms with Crippen LogP contribution in [0.5, 0.6) is 0 Å². The molecule has 0 N–H and O–H groups in total. The van der Waals surface area contributed by atoms with Gasteiger partial charge in [-0.3, -0.25) is 9.48 Å². The van der Waals surface area contributed by atoms with Crippen LogP contribution >= 0.6 is 0 Å². The van der Waals surface area contributed by atoms with E-state index in [9.17, 15) is 9.18 Å². The van der Waals surface area contributed by atoms with Crippen LogP contribution in [-0.4, -0.2) is 37.8 Å². The van der Waals surface area contributed by atoms with Gasteiger partial charge in [-0.05, 0) is 39.0 Å². The Bertz CT molecular complexity index is 1230. The first kappa shape index (κ1) is 19.8. The van der Waals surface area contributed by atoms with Crippen molar-refractivity contribution in [2.75, 3.05) is 7.05 Å². The molecule has 0 fully saturated rings. The molecule has 0 saturated heterocycles. The summed E-state index contributed by atoms with van der Waals surface area (Å²) in [5.41, 5.74) is 2.92. The number of halogens is 1.